The van der Waals surface area contributed by atoms with E-state index in [-0.39, 0.29) is 11.2 Å². The first-order chi connectivity index (χ1) is 13.6. The molecule has 5 heteroatoms. The molecule has 4 rings (SSSR count). The third-order valence-corrected chi connectivity index (χ3v) is 5.33. The molecule has 144 valence electrons. The number of nitrogens with one attached hydrogen (secondary N) is 1. The second kappa shape index (κ2) is 8.17. The molecule has 1 N–H and O–H groups in total. The van der Waals surface area contributed by atoms with Gasteiger partial charge in [-0.1, -0.05) is 35.9 Å². The fraction of sp³-hybridized carbons (Fsp3) is 0.304. The van der Waals surface area contributed by atoms with Crippen molar-refractivity contribution >= 4 is 0 Å². The minimum atomic E-state index is -0.211. The van der Waals surface area contributed by atoms with Crippen LogP contribution in [0.5, 0.6) is 0 Å². The predicted octanol–water partition coefficient (Wildman–Crippen LogP) is 4.04. The third-order valence-electron chi connectivity index (χ3n) is 5.33. The first-order valence-corrected chi connectivity index (χ1v) is 9.57. The maximum atomic E-state index is 13.3. The molecule has 1 saturated heterocycles. The molecule has 0 bridgehead atoms. The van der Waals surface area contributed by atoms with Gasteiger partial charge in [-0.25, -0.2) is 14.4 Å². The SMILES string of the molecule is Cc1cccc(-c2ncc(CNC[C@@]3(c4ccc(F)cc4)CCOC3)cn2)c1. The molecule has 0 aliphatic carbocycles. The van der Waals surface area contributed by atoms with Crippen LogP contribution >= 0.6 is 0 Å². The van der Waals surface area contributed by atoms with Gasteiger partial charge in [0.15, 0.2) is 5.82 Å². The number of ether oxygens (including phenoxy) is 1. The van der Waals surface area contributed by atoms with Gasteiger partial charge in [-0.2, -0.15) is 0 Å². The summed E-state index contributed by atoms with van der Waals surface area (Å²) in [5.74, 6) is 0.524. The number of hydrogen-bond acceptors (Lipinski definition) is 4. The van der Waals surface area contributed by atoms with Crippen molar-refractivity contribution in [2.75, 3.05) is 19.8 Å². The summed E-state index contributed by atoms with van der Waals surface area (Å²) in [5, 5.41) is 3.51. The fourth-order valence-electron chi connectivity index (χ4n) is 3.71. The maximum absolute atomic E-state index is 13.3. The van der Waals surface area contributed by atoms with Crippen LogP contribution in [-0.2, 0) is 16.7 Å². The van der Waals surface area contributed by atoms with Gasteiger partial charge in [-0.3, -0.25) is 0 Å². The summed E-state index contributed by atoms with van der Waals surface area (Å²) in [6.45, 7) is 4.88. The molecule has 1 atom stereocenters. The number of aryl methyl sites for hydroxylation is 1. The van der Waals surface area contributed by atoms with Crippen molar-refractivity contribution in [1.29, 1.82) is 0 Å². The molecule has 1 fully saturated rings. The van der Waals surface area contributed by atoms with Crippen LogP contribution in [0.2, 0.25) is 0 Å². The zero-order valence-electron chi connectivity index (χ0n) is 16.0. The second-order valence-electron chi connectivity index (χ2n) is 7.48. The molecule has 1 aromatic heterocycles. The molecule has 4 nitrogen and oxygen atoms in total. The molecule has 0 amide bonds. The Morgan fingerprint density at radius 1 is 1.11 bits per heavy atom. The highest BCUT2D eigenvalue weighted by atomic mass is 19.1. The Morgan fingerprint density at radius 3 is 2.57 bits per heavy atom. The molecule has 0 saturated carbocycles. The van der Waals surface area contributed by atoms with E-state index in [4.69, 9.17) is 4.74 Å². The average molecular weight is 377 g/mol. The second-order valence-corrected chi connectivity index (χ2v) is 7.48. The molecule has 2 aromatic carbocycles. The lowest BCUT2D eigenvalue weighted by Gasteiger charge is -2.28. The van der Waals surface area contributed by atoms with Gasteiger partial charge in [0.2, 0.25) is 0 Å². The van der Waals surface area contributed by atoms with E-state index in [0.29, 0.717) is 13.2 Å². The Labute approximate surface area is 164 Å². The van der Waals surface area contributed by atoms with E-state index >= 15 is 0 Å². The van der Waals surface area contributed by atoms with Crippen molar-refractivity contribution in [1.82, 2.24) is 15.3 Å². The van der Waals surface area contributed by atoms with Gasteiger partial charge in [0.1, 0.15) is 5.82 Å². The summed E-state index contributed by atoms with van der Waals surface area (Å²) < 4.78 is 19.0. The number of nitrogens with zero attached hydrogens (tertiary/aromatic N) is 2. The van der Waals surface area contributed by atoms with E-state index in [2.05, 4.69) is 34.3 Å². The van der Waals surface area contributed by atoms with Crippen molar-refractivity contribution < 1.29 is 9.13 Å². The molecule has 0 radical (unpaired) electrons. The summed E-state index contributed by atoms with van der Waals surface area (Å²) in [4.78, 5) is 9.02. The lowest BCUT2D eigenvalue weighted by Crippen LogP contribution is -2.38. The third kappa shape index (κ3) is 4.11. The van der Waals surface area contributed by atoms with Crippen molar-refractivity contribution in [3.05, 3.63) is 83.4 Å². The number of rotatable bonds is 6. The monoisotopic (exact) mass is 377 g/mol. The lowest BCUT2D eigenvalue weighted by molar-refractivity contribution is 0.176. The molecular weight excluding hydrogens is 353 g/mol. The highest BCUT2D eigenvalue weighted by Gasteiger charge is 2.36. The van der Waals surface area contributed by atoms with Crippen molar-refractivity contribution in [3.8, 4) is 11.4 Å². The van der Waals surface area contributed by atoms with E-state index in [1.165, 1.54) is 17.7 Å². The summed E-state index contributed by atoms with van der Waals surface area (Å²) in [7, 11) is 0. The maximum Gasteiger partial charge on any atom is 0.159 e. The molecule has 1 aliphatic rings. The van der Waals surface area contributed by atoms with Crippen LogP contribution in [-0.4, -0.2) is 29.7 Å². The van der Waals surface area contributed by atoms with Gasteiger partial charge in [-0.05, 0) is 37.1 Å². The minimum Gasteiger partial charge on any atom is -0.380 e. The van der Waals surface area contributed by atoms with Crippen LogP contribution in [0.1, 0.15) is 23.1 Å². The normalized spacial score (nSPS) is 19.1. The van der Waals surface area contributed by atoms with Crippen LogP contribution < -0.4 is 5.32 Å². The Bertz CT molecular complexity index is 919. The molecule has 0 unspecified atom stereocenters. The number of halogens is 1. The van der Waals surface area contributed by atoms with Gasteiger partial charge < -0.3 is 10.1 Å². The van der Waals surface area contributed by atoms with E-state index in [1.54, 1.807) is 0 Å². The van der Waals surface area contributed by atoms with E-state index in [0.717, 1.165) is 42.1 Å². The Morgan fingerprint density at radius 2 is 1.89 bits per heavy atom. The molecule has 3 aromatic rings. The van der Waals surface area contributed by atoms with Crippen molar-refractivity contribution in [2.24, 2.45) is 0 Å². The van der Waals surface area contributed by atoms with E-state index in [9.17, 15) is 4.39 Å². The molecule has 28 heavy (non-hydrogen) atoms. The van der Waals surface area contributed by atoms with Crippen LogP contribution in [0.15, 0.2) is 60.9 Å². The molecular formula is C23H24FN3O. The van der Waals surface area contributed by atoms with Crippen molar-refractivity contribution in [3.63, 3.8) is 0 Å². The van der Waals surface area contributed by atoms with Gasteiger partial charge >= 0.3 is 0 Å². The number of hydrogen-bond donors (Lipinski definition) is 1. The summed E-state index contributed by atoms with van der Waals surface area (Å²) in [6, 6.07) is 15.0. The van der Waals surface area contributed by atoms with Crippen LogP contribution in [0, 0.1) is 12.7 Å². The summed E-state index contributed by atoms with van der Waals surface area (Å²) in [5.41, 5.74) is 4.25. The van der Waals surface area contributed by atoms with Crippen molar-refractivity contribution in [2.45, 2.75) is 25.3 Å². The summed E-state index contributed by atoms with van der Waals surface area (Å²) in [6.07, 6.45) is 4.66. The van der Waals surface area contributed by atoms with Gasteiger partial charge in [-0.15, -0.1) is 0 Å². The standard InChI is InChI=1S/C23H24FN3O/c1-17-3-2-4-19(11-17)22-26-13-18(14-27-22)12-25-15-23(9-10-28-16-23)20-5-7-21(24)8-6-20/h2-8,11,13-14,25H,9-10,12,15-16H2,1H3/t23-/m0/s1. The lowest BCUT2D eigenvalue weighted by atomic mass is 9.79. The smallest absolute Gasteiger partial charge is 0.159 e. The zero-order chi connectivity index (χ0) is 19.4. The Balaban J connectivity index is 1.40. The minimum absolute atomic E-state index is 0.115. The van der Waals surface area contributed by atoms with Crippen LogP contribution in [0.25, 0.3) is 11.4 Å². The van der Waals surface area contributed by atoms with Gasteiger partial charge in [0, 0.05) is 48.6 Å². The Kier molecular flexibility index (Phi) is 5.46. The summed E-state index contributed by atoms with van der Waals surface area (Å²) >= 11 is 0. The van der Waals surface area contributed by atoms with E-state index in [1.807, 2.05) is 36.7 Å². The number of benzene rings is 2. The highest BCUT2D eigenvalue weighted by Crippen LogP contribution is 2.32. The fourth-order valence-corrected chi connectivity index (χ4v) is 3.71. The highest BCUT2D eigenvalue weighted by molar-refractivity contribution is 5.55. The molecule has 0 spiro atoms. The van der Waals surface area contributed by atoms with E-state index < -0.39 is 0 Å². The molecule has 1 aliphatic heterocycles. The topological polar surface area (TPSA) is 47.0 Å². The molecule has 2 heterocycles. The predicted molar refractivity (Wildman–Crippen MR) is 107 cm³/mol. The number of aromatic nitrogens is 2. The van der Waals surface area contributed by atoms with Gasteiger partial charge in [0.05, 0.1) is 6.61 Å². The quantitative estimate of drug-likeness (QED) is 0.704. The zero-order valence-corrected chi connectivity index (χ0v) is 16.0. The first-order valence-electron chi connectivity index (χ1n) is 9.57. The largest absolute Gasteiger partial charge is 0.380 e. The Hall–Kier alpha value is -2.63. The van der Waals surface area contributed by atoms with Crippen LogP contribution in [0.4, 0.5) is 4.39 Å². The van der Waals surface area contributed by atoms with Crippen LogP contribution in [0.3, 0.4) is 0 Å². The first kappa shape index (κ1) is 18.7. The average Bonchev–Trinajstić information content (AvgIpc) is 3.19. The van der Waals surface area contributed by atoms with Gasteiger partial charge in [0.25, 0.3) is 0 Å².